The molecule has 3 fully saturated rings. The van der Waals surface area contributed by atoms with Crippen LogP contribution in [0.15, 0.2) is 84.9 Å². The smallest absolute Gasteiger partial charge is 0.224 e. The predicted octanol–water partition coefficient (Wildman–Crippen LogP) is 8.38. The maximum absolute atomic E-state index is 14.5. The number of ketones is 3. The molecule has 3 aliphatic rings. The molecule has 3 heterocycles. The number of hydrogen-bond donors (Lipinski definition) is 2. The number of nitrogens with zero attached hydrogens (tertiary/aromatic N) is 2. The molecule has 10 nitrogen and oxygen atoms in total. The van der Waals surface area contributed by atoms with Crippen LogP contribution in [0.5, 0.6) is 0 Å². The number of hydrogen-bond acceptors (Lipinski definition) is 10. The van der Waals surface area contributed by atoms with Crippen molar-refractivity contribution in [2.75, 3.05) is 44.4 Å². The number of carbonyl (C=O) groups excluding carboxylic acids is 5. The van der Waals surface area contributed by atoms with Crippen LogP contribution in [0.1, 0.15) is 102 Å². The van der Waals surface area contributed by atoms with Crippen LogP contribution >= 0.6 is 23.5 Å². The van der Waals surface area contributed by atoms with Gasteiger partial charge in [-0.1, -0.05) is 120 Å². The van der Waals surface area contributed by atoms with Crippen molar-refractivity contribution in [2.45, 2.75) is 134 Å². The summed E-state index contributed by atoms with van der Waals surface area (Å²) in [5.41, 5.74) is 3.81. The molecule has 0 radical (unpaired) electrons. The average molecular weight is 953 g/mol. The third-order valence-corrected chi connectivity index (χ3v) is 16.8. The molecule has 2 amide bonds. The van der Waals surface area contributed by atoms with E-state index in [4.69, 9.17) is 4.74 Å². The normalized spacial score (nSPS) is 21.7. The first-order valence-corrected chi connectivity index (χ1v) is 26.9. The molecule has 364 valence electrons. The van der Waals surface area contributed by atoms with Crippen LogP contribution in [0.2, 0.25) is 0 Å². The highest BCUT2D eigenvalue weighted by atomic mass is 32.2. The average Bonchev–Trinajstić information content (AvgIpc) is 3.93. The second-order valence-corrected chi connectivity index (χ2v) is 23.4. The lowest BCUT2D eigenvalue weighted by molar-refractivity contribution is -0.135. The molecule has 1 unspecified atom stereocenters. The van der Waals surface area contributed by atoms with E-state index in [1.807, 2.05) is 88.4 Å². The van der Waals surface area contributed by atoms with Crippen LogP contribution in [0, 0.1) is 23.7 Å². The molecule has 7 atom stereocenters. The summed E-state index contributed by atoms with van der Waals surface area (Å²) in [5.74, 6) is -2.24. The fraction of sp³-hybridized carbons (Fsp3) is 0.582. The number of Topliss-reactive ketones (excluding diaryl/α,β-unsaturated/α-hetero) is 3. The standard InChI is InChI=1S/C55H76N4O6S2/c1-38(2)28-48(50(61)33-46(31-42-16-11-8-12-17-42)54(64)57-49(29-39(3)4)52(62)55(6)36-65-55)56-53(63)45(22-20-41-14-9-7-10-15-41)32-47(60)35-59-26-24-58(25-27-59)34-44-19-13-18-43(30-44)21-23-51-40(5)66-37-67-51/h7-19,30,38-40,45-46,48-49,51H,20-29,31-37H2,1-6H3,(H,56,63)(H,57,64)/t40?,45-,46-,48+,49+,51-,55-/m1/s1. The van der Waals surface area contributed by atoms with Gasteiger partial charge in [0, 0.05) is 73.0 Å². The lowest BCUT2D eigenvalue weighted by Crippen LogP contribution is -2.50. The van der Waals surface area contributed by atoms with Gasteiger partial charge in [-0.05, 0) is 86.0 Å². The van der Waals surface area contributed by atoms with E-state index in [1.165, 1.54) is 22.6 Å². The van der Waals surface area contributed by atoms with Gasteiger partial charge in [0.2, 0.25) is 11.8 Å². The van der Waals surface area contributed by atoms with Crippen LogP contribution in [0.4, 0.5) is 0 Å². The van der Waals surface area contributed by atoms with Crippen molar-refractivity contribution in [3.63, 3.8) is 0 Å². The van der Waals surface area contributed by atoms with E-state index in [9.17, 15) is 24.0 Å². The van der Waals surface area contributed by atoms with Crippen LogP contribution < -0.4 is 10.6 Å². The highest BCUT2D eigenvalue weighted by molar-refractivity contribution is 8.19. The van der Waals surface area contributed by atoms with Gasteiger partial charge in [0.05, 0.1) is 25.2 Å². The Morgan fingerprint density at radius 3 is 1.91 bits per heavy atom. The lowest BCUT2D eigenvalue weighted by Gasteiger charge is -2.34. The van der Waals surface area contributed by atoms with Crippen LogP contribution in [-0.2, 0) is 54.5 Å². The molecule has 0 bridgehead atoms. The summed E-state index contributed by atoms with van der Waals surface area (Å²) in [6, 6.07) is 27.0. The summed E-state index contributed by atoms with van der Waals surface area (Å²) in [5, 5.41) is 8.79. The molecule has 0 aliphatic carbocycles. The maximum atomic E-state index is 14.5. The van der Waals surface area contributed by atoms with E-state index in [2.05, 4.69) is 75.1 Å². The summed E-state index contributed by atoms with van der Waals surface area (Å²) in [6.45, 7) is 16.9. The van der Waals surface area contributed by atoms with Gasteiger partial charge in [0.1, 0.15) is 11.4 Å². The number of epoxide rings is 1. The molecular weight excluding hydrogens is 877 g/mol. The Bertz CT molecular complexity index is 2070. The van der Waals surface area contributed by atoms with Crippen LogP contribution in [0.25, 0.3) is 0 Å². The molecule has 3 saturated heterocycles. The van der Waals surface area contributed by atoms with Crippen molar-refractivity contribution >= 4 is 52.7 Å². The summed E-state index contributed by atoms with van der Waals surface area (Å²) < 4.78 is 5.47. The van der Waals surface area contributed by atoms with Gasteiger partial charge in [-0.3, -0.25) is 33.8 Å². The zero-order valence-electron chi connectivity index (χ0n) is 40.9. The third-order valence-electron chi connectivity index (χ3n) is 13.6. The fourth-order valence-electron chi connectivity index (χ4n) is 9.44. The zero-order chi connectivity index (χ0) is 47.9. The largest absolute Gasteiger partial charge is 0.361 e. The minimum absolute atomic E-state index is 0.0183. The van der Waals surface area contributed by atoms with Crippen molar-refractivity contribution in [1.82, 2.24) is 20.4 Å². The minimum Gasteiger partial charge on any atom is -0.361 e. The van der Waals surface area contributed by atoms with Gasteiger partial charge in [-0.15, -0.1) is 23.5 Å². The lowest BCUT2D eigenvalue weighted by atomic mass is 9.87. The highest BCUT2D eigenvalue weighted by Gasteiger charge is 2.50. The van der Waals surface area contributed by atoms with E-state index in [1.54, 1.807) is 6.92 Å². The van der Waals surface area contributed by atoms with Gasteiger partial charge >= 0.3 is 0 Å². The number of thioether (sulfide) groups is 2. The number of nitrogens with one attached hydrogen (secondary N) is 2. The highest BCUT2D eigenvalue weighted by Crippen LogP contribution is 2.38. The molecule has 0 saturated carbocycles. The molecule has 2 N–H and O–H groups in total. The van der Waals surface area contributed by atoms with Crippen molar-refractivity contribution in [3.8, 4) is 0 Å². The Morgan fingerprint density at radius 2 is 1.28 bits per heavy atom. The number of ether oxygens (including phenoxy) is 1. The Kier molecular flexibility index (Phi) is 20.2. The number of rotatable bonds is 27. The third kappa shape index (κ3) is 17.0. The quantitative estimate of drug-likeness (QED) is 0.0720. The topological polar surface area (TPSA) is 128 Å². The van der Waals surface area contributed by atoms with E-state index in [0.29, 0.717) is 38.7 Å². The molecule has 12 heteroatoms. The van der Waals surface area contributed by atoms with Crippen LogP contribution in [0.3, 0.4) is 0 Å². The van der Waals surface area contributed by atoms with Gasteiger partial charge in [-0.25, -0.2) is 0 Å². The Labute approximate surface area is 409 Å². The fourth-order valence-corrected chi connectivity index (χ4v) is 12.7. The van der Waals surface area contributed by atoms with Crippen molar-refractivity contribution < 1.29 is 28.7 Å². The van der Waals surface area contributed by atoms with Gasteiger partial charge in [0.15, 0.2) is 11.6 Å². The number of carbonyl (C=O) groups is 5. The predicted molar refractivity (Wildman–Crippen MR) is 273 cm³/mol. The van der Waals surface area contributed by atoms with Crippen molar-refractivity contribution in [1.29, 1.82) is 0 Å². The molecular formula is C55H76N4O6S2. The van der Waals surface area contributed by atoms with Gasteiger partial charge < -0.3 is 15.4 Å². The number of benzene rings is 3. The molecule has 67 heavy (non-hydrogen) atoms. The van der Waals surface area contributed by atoms with Crippen molar-refractivity contribution in [2.24, 2.45) is 23.7 Å². The molecule has 3 aromatic rings. The second kappa shape index (κ2) is 25.7. The zero-order valence-corrected chi connectivity index (χ0v) is 42.5. The number of amides is 2. The number of piperazine rings is 1. The molecule has 3 aliphatic heterocycles. The van der Waals surface area contributed by atoms with Crippen LogP contribution in [-0.4, -0.2) is 112 Å². The van der Waals surface area contributed by atoms with E-state index in [0.717, 1.165) is 60.8 Å². The van der Waals surface area contributed by atoms with E-state index >= 15 is 0 Å². The first kappa shape index (κ1) is 52.6. The molecule has 0 aromatic heterocycles. The Morgan fingerprint density at radius 1 is 0.701 bits per heavy atom. The molecule has 0 spiro atoms. The minimum atomic E-state index is -0.906. The Balaban J connectivity index is 1.08. The van der Waals surface area contributed by atoms with Gasteiger partial charge in [0.25, 0.3) is 0 Å². The van der Waals surface area contributed by atoms with E-state index < -0.39 is 29.5 Å². The Hall–Kier alpha value is -3.81. The summed E-state index contributed by atoms with van der Waals surface area (Å²) in [7, 11) is 0. The first-order valence-electron chi connectivity index (χ1n) is 24.8. The summed E-state index contributed by atoms with van der Waals surface area (Å²) >= 11 is 4.17. The second-order valence-electron chi connectivity index (χ2n) is 20.4. The van der Waals surface area contributed by atoms with E-state index in [-0.39, 0.29) is 60.4 Å². The first-order chi connectivity index (χ1) is 32.1. The molecule has 6 rings (SSSR count). The SMILES string of the molecule is CC(C)C[C@H](NC(=O)[C@H](CCc1ccccc1)CC(=O)CN1CCN(Cc2cccc(CC[C@H]3SCSC3C)c2)CC1)C(=O)C[C@@H](Cc1ccccc1)C(=O)N[C@@H](CC(C)C)C(=O)[C@@]1(C)CO1. The summed E-state index contributed by atoms with van der Waals surface area (Å²) in [4.78, 5) is 75.2. The summed E-state index contributed by atoms with van der Waals surface area (Å²) in [6.07, 6.45) is 4.51. The molecule has 3 aromatic carbocycles. The van der Waals surface area contributed by atoms with Gasteiger partial charge in [-0.2, -0.15) is 0 Å². The van der Waals surface area contributed by atoms with Crippen molar-refractivity contribution in [3.05, 3.63) is 107 Å². The maximum Gasteiger partial charge on any atom is 0.224 e. The monoisotopic (exact) mass is 953 g/mol. The number of aryl methyl sites for hydroxylation is 2.